The van der Waals surface area contributed by atoms with Crippen LogP contribution in [0.25, 0.3) is 0 Å². The van der Waals surface area contributed by atoms with E-state index in [2.05, 4.69) is 10.6 Å². The molecule has 0 radical (unpaired) electrons. The summed E-state index contributed by atoms with van der Waals surface area (Å²) in [6.07, 6.45) is 0. The number of urea groups is 1. The van der Waals surface area contributed by atoms with Crippen LogP contribution >= 0.6 is 11.6 Å². The number of ketones is 1. The molecule has 0 heterocycles. The van der Waals surface area contributed by atoms with Gasteiger partial charge in [-0.2, -0.15) is 0 Å². The molecule has 0 fully saturated rings. The molecule has 0 bridgehead atoms. The van der Waals surface area contributed by atoms with Crippen LogP contribution in [0.2, 0.25) is 5.02 Å². The third-order valence-corrected chi connectivity index (χ3v) is 4.11. The monoisotopic (exact) mass is 364 g/mol. The average Bonchev–Trinajstić information content (AvgIpc) is 2.65. The van der Waals surface area contributed by atoms with Gasteiger partial charge in [0.15, 0.2) is 5.78 Å². The molecule has 3 aromatic carbocycles. The molecule has 2 amide bonds. The van der Waals surface area contributed by atoms with Gasteiger partial charge in [0.05, 0.1) is 0 Å². The minimum atomic E-state index is -0.363. The number of nitrogens with one attached hydrogen (secondary N) is 2. The second kappa shape index (κ2) is 7.85. The third-order valence-electron chi connectivity index (χ3n) is 3.88. The van der Waals surface area contributed by atoms with Gasteiger partial charge in [0.2, 0.25) is 0 Å². The molecular weight excluding hydrogens is 348 g/mol. The van der Waals surface area contributed by atoms with Crippen molar-refractivity contribution < 1.29 is 9.59 Å². The summed E-state index contributed by atoms with van der Waals surface area (Å²) in [6.45, 7) is 1.87. The van der Waals surface area contributed by atoms with Gasteiger partial charge in [-0.05, 0) is 55.0 Å². The van der Waals surface area contributed by atoms with Crippen LogP contribution in [0.15, 0.2) is 72.8 Å². The van der Waals surface area contributed by atoms with Crippen molar-refractivity contribution in [2.75, 3.05) is 10.6 Å². The van der Waals surface area contributed by atoms with Crippen LogP contribution in [0.1, 0.15) is 21.5 Å². The van der Waals surface area contributed by atoms with E-state index < -0.39 is 0 Å². The highest BCUT2D eigenvalue weighted by molar-refractivity contribution is 6.30. The zero-order valence-electron chi connectivity index (χ0n) is 14.1. The van der Waals surface area contributed by atoms with Crippen molar-refractivity contribution in [3.8, 4) is 0 Å². The Morgan fingerprint density at radius 1 is 0.808 bits per heavy atom. The number of rotatable bonds is 4. The van der Waals surface area contributed by atoms with E-state index in [0.717, 1.165) is 5.56 Å². The predicted molar refractivity (Wildman–Crippen MR) is 105 cm³/mol. The van der Waals surface area contributed by atoms with E-state index in [0.29, 0.717) is 27.5 Å². The lowest BCUT2D eigenvalue weighted by atomic mass is 10.0. The molecular formula is C21H17ClN2O2. The lowest BCUT2D eigenvalue weighted by molar-refractivity contribution is 0.103. The molecule has 0 aliphatic carbocycles. The molecule has 0 spiro atoms. The van der Waals surface area contributed by atoms with Gasteiger partial charge in [0.25, 0.3) is 0 Å². The van der Waals surface area contributed by atoms with E-state index in [-0.39, 0.29) is 11.8 Å². The summed E-state index contributed by atoms with van der Waals surface area (Å²) in [4.78, 5) is 24.5. The number of amides is 2. The maximum atomic E-state index is 12.4. The lowest BCUT2D eigenvalue weighted by Crippen LogP contribution is -2.20. The molecule has 130 valence electrons. The van der Waals surface area contributed by atoms with E-state index in [1.165, 1.54) is 0 Å². The maximum Gasteiger partial charge on any atom is 0.323 e. The molecule has 2 N–H and O–H groups in total. The maximum absolute atomic E-state index is 12.4. The van der Waals surface area contributed by atoms with Crippen LogP contribution in [0.3, 0.4) is 0 Å². The largest absolute Gasteiger partial charge is 0.323 e. The van der Waals surface area contributed by atoms with Crippen molar-refractivity contribution in [3.05, 3.63) is 94.5 Å². The summed E-state index contributed by atoms with van der Waals surface area (Å²) in [7, 11) is 0. The topological polar surface area (TPSA) is 58.2 Å². The Labute approximate surface area is 156 Å². The Bertz CT molecular complexity index is 938. The number of hydrogen-bond acceptors (Lipinski definition) is 2. The lowest BCUT2D eigenvalue weighted by Gasteiger charge is -2.10. The first-order valence-corrected chi connectivity index (χ1v) is 8.45. The van der Waals surface area contributed by atoms with Gasteiger partial charge >= 0.3 is 6.03 Å². The SMILES string of the molecule is Cc1cc(Cl)ccc1NC(=O)Nc1ccc(C(=O)c2ccccc2)cc1. The summed E-state index contributed by atoms with van der Waals surface area (Å²) in [5.74, 6) is -0.0570. The Hall–Kier alpha value is -3.11. The molecule has 4 nitrogen and oxygen atoms in total. The number of anilines is 2. The Morgan fingerprint density at radius 3 is 2.12 bits per heavy atom. The molecule has 0 aliphatic rings. The molecule has 5 heteroatoms. The molecule has 0 saturated carbocycles. The van der Waals surface area contributed by atoms with Crippen molar-refractivity contribution in [2.45, 2.75) is 6.92 Å². The van der Waals surface area contributed by atoms with Crippen LogP contribution in [0.4, 0.5) is 16.2 Å². The highest BCUT2D eigenvalue weighted by Gasteiger charge is 2.09. The average molecular weight is 365 g/mol. The number of carbonyl (C=O) groups excluding carboxylic acids is 2. The number of halogens is 1. The van der Waals surface area contributed by atoms with Gasteiger partial charge in [-0.1, -0.05) is 41.9 Å². The molecule has 3 rings (SSSR count). The molecule has 0 unspecified atom stereocenters. The first-order valence-electron chi connectivity index (χ1n) is 8.07. The van der Waals surface area contributed by atoms with Crippen LogP contribution in [0, 0.1) is 6.92 Å². The van der Waals surface area contributed by atoms with Gasteiger partial charge in [-0.25, -0.2) is 4.79 Å². The zero-order valence-corrected chi connectivity index (χ0v) is 14.9. The van der Waals surface area contributed by atoms with Crippen LogP contribution in [-0.4, -0.2) is 11.8 Å². The molecule has 0 aliphatic heterocycles. The highest BCUT2D eigenvalue weighted by Crippen LogP contribution is 2.20. The fourth-order valence-corrected chi connectivity index (χ4v) is 2.74. The van der Waals surface area contributed by atoms with Gasteiger partial charge in [0, 0.05) is 27.5 Å². The molecule has 0 aromatic heterocycles. The van der Waals surface area contributed by atoms with Crippen LogP contribution < -0.4 is 10.6 Å². The zero-order chi connectivity index (χ0) is 18.5. The van der Waals surface area contributed by atoms with Crippen molar-refractivity contribution in [1.29, 1.82) is 0 Å². The molecule has 3 aromatic rings. The fraction of sp³-hybridized carbons (Fsp3) is 0.0476. The highest BCUT2D eigenvalue weighted by atomic mass is 35.5. The summed E-state index contributed by atoms with van der Waals surface area (Å²) in [5.41, 5.74) is 3.35. The van der Waals surface area contributed by atoms with Gasteiger partial charge in [-0.3, -0.25) is 4.79 Å². The molecule has 0 saturated heterocycles. The van der Waals surface area contributed by atoms with Crippen molar-refractivity contribution in [1.82, 2.24) is 0 Å². The normalized spacial score (nSPS) is 10.2. The summed E-state index contributed by atoms with van der Waals surface area (Å²) < 4.78 is 0. The first-order chi connectivity index (χ1) is 12.5. The van der Waals surface area contributed by atoms with E-state index >= 15 is 0 Å². The molecule has 0 atom stereocenters. The fourth-order valence-electron chi connectivity index (χ4n) is 2.51. The van der Waals surface area contributed by atoms with Gasteiger partial charge < -0.3 is 10.6 Å². The van der Waals surface area contributed by atoms with Crippen molar-refractivity contribution in [2.24, 2.45) is 0 Å². The Balaban J connectivity index is 1.65. The minimum Gasteiger partial charge on any atom is -0.308 e. The number of benzene rings is 3. The van der Waals surface area contributed by atoms with Crippen LogP contribution in [-0.2, 0) is 0 Å². The van der Waals surface area contributed by atoms with Crippen molar-refractivity contribution >= 4 is 34.8 Å². The van der Waals surface area contributed by atoms with Gasteiger partial charge in [-0.15, -0.1) is 0 Å². The van der Waals surface area contributed by atoms with Crippen LogP contribution in [0.5, 0.6) is 0 Å². The number of hydrogen-bond donors (Lipinski definition) is 2. The predicted octanol–water partition coefficient (Wildman–Crippen LogP) is 5.52. The van der Waals surface area contributed by atoms with E-state index in [9.17, 15) is 9.59 Å². The Kier molecular flexibility index (Phi) is 5.34. The second-order valence-electron chi connectivity index (χ2n) is 5.81. The third kappa shape index (κ3) is 4.29. The quantitative estimate of drug-likeness (QED) is 0.598. The first kappa shape index (κ1) is 17.7. The summed E-state index contributed by atoms with van der Waals surface area (Å²) in [6, 6.07) is 20.7. The second-order valence-corrected chi connectivity index (χ2v) is 6.25. The van der Waals surface area contributed by atoms with E-state index in [4.69, 9.17) is 11.6 Å². The van der Waals surface area contributed by atoms with Gasteiger partial charge in [0.1, 0.15) is 0 Å². The standard InChI is InChI=1S/C21H17ClN2O2/c1-14-13-17(22)9-12-19(14)24-21(26)23-18-10-7-16(8-11-18)20(25)15-5-3-2-4-6-15/h2-13H,1H3,(H2,23,24,26). The minimum absolute atomic E-state index is 0.0570. The number of carbonyl (C=O) groups is 2. The number of aryl methyl sites for hydroxylation is 1. The van der Waals surface area contributed by atoms with Crippen molar-refractivity contribution in [3.63, 3.8) is 0 Å². The summed E-state index contributed by atoms with van der Waals surface area (Å²) >= 11 is 5.91. The molecule has 26 heavy (non-hydrogen) atoms. The van der Waals surface area contributed by atoms with E-state index in [1.807, 2.05) is 25.1 Å². The smallest absolute Gasteiger partial charge is 0.308 e. The van der Waals surface area contributed by atoms with E-state index in [1.54, 1.807) is 54.6 Å². The Morgan fingerprint density at radius 2 is 1.46 bits per heavy atom. The summed E-state index contributed by atoms with van der Waals surface area (Å²) in [5, 5.41) is 6.14.